The number of carbonyl (C=O) groups excluding carboxylic acids is 1. The number of aliphatic carboxylic acids is 1. The molecule has 0 fully saturated rings. The zero-order valence-corrected chi connectivity index (χ0v) is 8.31. The van der Waals surface area contributed by atoms with Crippen molar-refractivity contribution in [2.24, 2.45) is 5.92 Å². The number of methoxy groups -OCH3 is 1. The van der Waals surface area contributed by atoms with Crippen LogP contribution in [0.1, 0.15) is 6.42 Å². The normalized spacial score (nSPS) is 13.4. The lowest BCUT2D eigenvalue weighted by atomic mass is 10.1. The smallest absolute Gasteiger partial charge is 0.325 e. The predicted octanol–water partition coefficient (Wildman–Crippen LogP) is -0.572. The Morgan fingerprint density at radius 2 is 1.93 bits per heavy atom. The summed E-state index contributed by atoms with van der Waals surface area (Å²) in [4.78, 5) is 38.2. The number of carboxylic acids is 1. The van der Waals surface area contributed by atoms with Crippen LogP contribution in [0.2, 0.25) is 0 Å². The maximum absolute atomic E-state index is 10.8. The minimum atomic E-state index is -4.28. The number of hydrogen-bond donors (Lipinski definition) is 3. The van der Waals surface area contributed by atoms with E-state index in [9.17, 15) is 14.2 Å². The van der Waals surface area contributed by atoms with Crippen molar-refractivity contribution in [3.05, 3.63) is 0 Å². The first-order chi connectivity index (χ1) is 6.28. The molecule has 0 aliphatic rings. The van der Waals surface area contributed by atoms with Gasteiger partial charge in [0.2, 0.25) is 0 Å². The monoisotopic (exact) mass is 226 g/mol. The second-order valence-electron chi connectivity index (χ2n) is 2.59. The molecule has 1 unspecified atom stereocenters. The topological polar surface area (TPSA) is 121 Å². The summed E-state index contributed by atoms with van der Waals surface area (Å²) < 4.78 is 14.6. The fraction of sp³-hybridized carbons (Fsp3) is 0.667. The summed E-state index contributed by atoms with van der Waals surface area (Å²) in [6, 6.07) is 0. The highest BCUT2D eigenvalue weighted by molar-refractivity contribution is 7.51. The molecule has 3 N–H and O–H groups in total. The van der Waals surface area contributed by atoms with E-state index >= 15 is 0 Å². The Morgan fingerprint density at radius 3 is 2.21 bits per heavy atom. The number of rotatable bonds is 5. The Kier molecular flexibility index (Phi) is 4.76. The molecule has 0 heterocycles. The second kappa shape index (κ2) is 5.09. The van der Waals surface area contributed by atoms with Crippen molar-refractivity contribution in [2.45, 2.75) is 6.42 Å². The van der Waals surface area contributed by atoms with Crippen molar-refractivity contribution in [1.29, 1.82) is 0 Å². The molecule has 0 saturated heterocycles. The van der Waals surface area contributed by atoms with E-state index in [2.05, 4.69) is 4.74 Å². The summed E-state index contributed by atoms with van der Waals surface area (Å²) in [5, 5.41) is 8.52. The fourth-order valence-corrected chi connectivity index (χ4v) is 1.38. The minimum absolute atomic E-state index is 0.438. The highest BCUT2D eigenvalue weighted by Crippen LogP contribution is 2.36. The average molecular weight is 226 g/mol. The minimum Gasteiger partial charge on any atom is -0.481 e. The number of hydrogen-bond acceptors (Lipinski definition) is 4. The van der Waals surface area contributed by atoms with Crippen LogP contribution < -0.4 is 0 Å². The maximum atomic E-state index is 10.8. The van der Waals surface area contributed by atoms with E-state index in [1.165, 1.54) is 0 Å². The Labute approximate surface area is 79.8 Å². The zero-order chi connectivity index (χ0) is 11.4. The molecule has 8 heteroatoms. The number of carbonyl (C=O) groups is 2. The van der Waals surface area contributed by atoms with Gasteiger partial charge >= 0.3 is 19.5 Å². The summed E-state index contributed by atoms with van der Waals surface area (Å²) in [6.07, 6.45) is -1.09. The molecule has 82 valence electrons. The van der Waals surface area contributed by atoms with E-state index in [1.807, 2.05) is 0 Å². The number of esters is 1. The molecule has 0 aromatic rings. The van der Waals surface area contributed by atoms with Crippen molar-refractivity contribution in [2.75, 3.05) is 13.3 Å². The summed E-state index contributed by atoms with van der Waals surface area (Å²) in [7, 11) is -3.27. The molecule has 0 aromatic heterocycles. The van der Waals surface area contributed by atoms with Gasteiger partial charge in [0.1, 0.15) is 0 Å². The summed E-state index contributed by atoms with van der Waals surface area (Å²) in [5.74, 6) is -3.98. The van der Waals surface area contributed by atoms with E-state index in [4.69, 9.17) is 14.9 Å². The average Bonchev–Trinajstić information content (AvgIpc) is 2.01. The van der Waals surface area contributed by atoms with Crippen molar-refractivity contribution in [3.63, 3.8) is 0 Å². The molecule has 0 aliphatic carbocycles. The van der Waals surface area contributed by atoms with Crippen LogP contribution in [0.25, 0.3) is 0 Å². The van der Waals surface area contributed by atoms with E-state index in [1.54, 1.807) is 0 Å². The van der Waals surface area contributed by atoms with Gasteiger partial charge < -0.3 is 19.6 Å². The van der Waals surface area contributed by atoms with Crippen molar-refractivity contribution < 1.29 is 33.8 Å². The molecule has 0 aromatic carbocycles. The van der Waals surface area contributed by atoms with Crippen LogP contribution in [0.5, 0.6) is 0 Å². The Bertz CT molecular complexity index is 267. The number of carboxylic acid groups (broad SMARTS) is 1. The van der Waals surface area contributed by atoms with Crippen LogP contribution in [0.3, 0.4) is 0 Å². The van der Waals surface area contributed by atoms with Crippen molar-refractivity contribution in [3.8, 4) is 0 Å². The van der Waals surface area contributed by atoms with Gasteiger partial charge in [-0.25, -0.2) is 0 Å². The first-order valence-corrected chi connectivity index (χ1v) is 5.43. The van der Waals surface area contributed by atoms with Crippen LogP contribution in [0.4, 0.5) is 0 Å². The summed E-state index contributed by atoms with van der Waals surface area (Å²) >= 11 is 0. The molecule has 1 atom stereocenters. The van der Waals surface area contributed by atoms with Crippen LogP contribution in [0.15, 0.2) is 0 Å². The standard InChI is InChI=1S/C6H11O7P/c1-13-6(9)4(5(7)8)2-3-14(10,11)12/h4H,2-3H2,1H3,(H,7,8)(H2,10,11,12). The van der Waals surface area contributed by atoms with E-state index < -0.39 is 38.0 Å². The quantitative estimate of drug-likeness (QED) is 0.326. The van der Waals surface area contributed by atoms with Gasteiger partial charge in [-0.3, -0.25) is 14.2 Å². The van der Waals surface area contributed by atoms with Gasteiger partial charge in [-0.15, -0.1) is 0 Å². The molecule has 0 amide bonds. The Hall–Kier alpha value is -0.910. The van der Waals surface area contributed by atoms with Gasteiger partial charge in [0, 0.05) is 0 Å². The van der Waals surface area contributed by atoms with Gasteiger partial charge in [-0.05, 0) is 6.42 Å². The summed E-state index contributed by atoms with van der Waals surface area (Å²) in [6.45, 7) is 0. The lowest BCUT2D eigenvalue weighted by Gasteiger charge is -2.09. The molecule has 7 nitrogen and oxygen atoms in total. The van der Waals surface area contributed by atoms with Crippen LogP contribution >= 0.6 is 7.60 Å². The van der Waals surface area contributed by atoms with Crippen LogP contribution in [-0.4, -0.2) is 40.1 Å². The highest BCUT2D eigenvalue weighted by atomic mass is 31.2. The fourth-order valence-electron chi connectivity index (χ4n) is 0.782. The Balaban J connectivity index is 4.33. The first kappa shape index (κ1) is 13.1. The third-order valence-corrected chi connectivity index (χ3v) is 2.33. The van der Waals surface area contributed by atoms with Crippen LogP contribution in [0, 0.1) is 5.92 Å². The highest BCUT2D eigenvalue weighted by Gasteiger charge is 2.29. The molecule has 0 aliphatic heterocycles. The summed E-state index contributed by atoms with van der Waals surface area (Å²) in [5.41, 5.74) is 0. The number of ether oxygens (including phenoxy) is 1. The zero-order valence-electron chi connectivity index (χ0n) is 7.41. The van der Waals surface area contributed by atoms with Crippen molar-refractivity contribution in [1.82, 2.24) is 0 Å². The molecular formula is C6H11O7P. The van der Waals surface area contributed by atoms with E-state index in [0.717, 1.165) is 7.11 Å². The van der Waals surface area contributed by atoms with Gasteiger partial charge in [0.15, 0.2) is 5.92 Å². The lowest BCUT2D eigenvalue weighted by Crippen LogP contribution is -2.25. The van der Waals surface area contributed by atoms with Crippen LogP contribution in [-0.2, 0) is 18.9 Å². The third-order valence-electron chi connectivity index (χ3n) is 1.49. The molecule has 0 spiro atoms. The van der Waals surface area contributed by atoms with Gasteiger partial charge in [0.05, 0.1) is 13.3 Å². The van der Waals surface area contributed by atoms with E-state index in [0.29, 0.717) is 0 Å². The largest absolute Gasteiger partial charge is 0.481 e. The first-order valence-electron chi connectivity index (χ1n) is 3.63. The molecule has 0 bridgehead atoms. The van der Waals surface area contributed by atoms with Crippen molar-refractivity contribution >= 4 is 19.5 Å². The SMILES string of the molecule is COC(=O)C(CCP(=O)(O)O)C(=O)O. The lowest BCUT2D eigenvalue weighted by molar-refractivity contribution is -0.156. The maximum Gasteiger partial charge on any atom is 0.325 e. The van der Waals surface area contributed by atoms with Gasteiger partial charge in [-0.1, -0.05) is 0 Å². The predicted molar refractivity (Wildman–Crippen MR) is 44.7 cm³/mol. The van der Waals surface area contributed by atoms with Gasteiger partial charge in [-0.2, -0.15) is 0 Å². The molecule has 0 rings (SSSR count). The molecular weight excluding hydrogens is 215 g/mol. The van der Waals surface area contributed by atoms with E-state index in [-0.39, 0.29) is 0 Å². The molecule has 0 saturated carbocycles. The van der Waals surface area contributed by atoms with Gasteiger partial charge in [0.25, 0.3) is 0 Å². The molecule has 14 heavy (non-hydrogen) atoms. The molecule has 0 radical (unpaired) electrons. The third kappa shape index (κ3) is 4.96. The Morgan fingerprint density at radius 1 is 1.43 bits per heavy atom. The second-order valence-corrected chi connectivity index (χ2v) is 4.37.